The molecular weight excluding hydrogens is 402 g/mol. The van der Waals surface area contributed by atoms with E-state index in [1.54, 1.807) is 18.2 Å². The van der Waals surface area contributed by atoms with Crippen LogP contribution in [0.1, 0.15) is 43.6 Å². The van der Waals surface area contributed by atoms with E-state index in [1.165, 1.54) is 0 Å². The van der Waals surface area contributed by atoms with Gasteiger partial charge in [-0.15, -0.1) is 0 Å². The zero-order chi connectivity index (χ0) is 21.5. The Balaban J connectivity index is 1.35. The van der Waals surface area contributed by atoms with Crippen molar-refractivity contribution in [1.82, 2.24) is 19.4 Å². The van der Waals surface area contributed by atoms with Crippen LogP contribution in [-0.4, -0.2) is 48.3 Å². The third kappa shape index (κ3) is 4.09. The molecule has 2 aromatic rings. The van der Waals surface area contributed by atoms with Crippen molar-refractivity contribution in [2.75, 3.05) is 18.4 Å². The highest BCUT2D eigenvalue weighted by Gasteiger charge is 2.36. The molecule has 2 unspecified atom stereocenters. The number of fused-ring (bicyclic) bond motifs is 1. The molecule has 1 saturated heterocycles. The number of hydrogen-bond donors (Lipinski definition) is 2. The third-order valence-corrected chi connectivity index (χ3v) is 7.56. The molecule has 0 radical (unpaired) electrons. The Morgan fingerprint density at radius 2 is 1.93 bits per heavy atom. The third-order valence-electron chi connectivity index (χ3n) is 6.07. The van der Waals surface area contributed by atoms with E-state index in [9.17, 15) is 13.2 Å². The van der Waals surface area contributed by atoms with E-state index < -0.39 is 10.0 Å². The lowest BCUT2D eigenvalue weighted by molar-refractivity contribution is -0.133. The molecule has 1 fully saturated rings. The number of benzene rings is 1. The topological polar surface area (TPSA) is 96.3 Å². The van der Waals surface area contributed by atoms with Gasteiger partial charge in [0.25, 0.3) is 0 Å². The summed E-state index contributed by atoms with van der Waals surface area (Å²) in [5, 5.41) is 7.81. The predicted molar refractivity (Wildman–Crippen MR) is 115 cm³/mol. The number of aryl methyl sites for hydroxylation is 2. The second kappa shape index (κ2) is 8.03. The second-order valence-electron chi connectivity index (χ2n) is 8.38. The summed E-state index contributed by atoms with van der Waals surface area (Å²) in [5.74, 6) is 0.252. The maximum absolute atomic E-state index is 12.8. The molecule has 162 valence electrons. The summed E-state index contributed by atoms with van der Waals surface area (Å²) in [6, 6.07) is 8.97. The Morgan fingerprint density at radius 1 is 1.23 bits per heavy atom. The number of sulfonamides is 1. The molecule has 0 bridgehead atoms. The summed E-state index contributed by atoms with van der Waals surface area (Å²) in [5.41, 5.74) is 2.65. The van der Waals surface area contributed by atoms with Crippen LogP contribution in [0.5, 0.6) is 0 Å². The number of aromatic nitrogens is 2. The first-order valence-corrected chi connectivity index (χ1v) is 11.9. The molecule has 2 aliphatic rings. The van der Waals surface area contributed by atoms with Gasteiger partial charge in [-0.1, -0.05) is 12.1 Å². The maximum Gasteiger partial charge on any atom is 0.244 e. The molecule has 30 heavy (non-hydrogen) atoms. The number of carbonyl (C=O) groups excluding carboxylic acids is 1. The molecule has 2 atom stereocenters. The summed E-state index contributed by atoms with van der Waals surface area (Å²) in [6.45, 7) is 7.24. The van der Waals surface area contributed by atoms with Crippen LogP contribution in [-0.2, 0) is 14.8 Å². The van der Waals surface area contributed by atoms with Gasteiger partial charge in [0.2, 0.25) is 15.9 Å². The minimum Gasteiger partial charge on any atom is -0.368 e. The number of anilines is 1. The summed E-state index contributed by atoms with van der Waals surface area (Å²) >= 11 is 0. The molecule has 4 rings (SSSR count). The fourth-order valence-corrected chi connectivity index (χ4v) is 5.89. The van der Waals surface area contributed by atoms with Gasteiger partial charge >= 0.3 is 0 Å². The first-order valence-electron chi connectivity index (χ1n) is 10.4. The number of piperidine rings is 1. The van der Waals surface area contributed by atoms with Crippen LogP contribution < -0.4 is 10.0 Å². The van der Waals surface area contributed by atoms with Crippen molar-refractivity contribution in [3.05, 3.63) is 41.7 Å². The number of nitrogens with zero attached hydrogens (tertiary/aromatic N) is 3. The van der Waals surface area contributed by atoms with Gasteiger partial charge in [-0.05, 0) is 57.7 Å². The molecule has 1 amide bonds. The SMILES string of the molecule is Cc1cc(C)n(C(C)CC(=O)N2CCC(C3Nc4ccccc4S(=O)(=O)N3)CC2)n1. The van der Waals surface area contributed by atoms with Crippen LogP contribution in [0, 0.1) is 19.8 Å². The lowest BCUT2D eigenvalue weighted by Gasteiger charge is -2.39. The van der Waals surface area contributed by atoms with Crippen LogP contribution in [0.15, 0.2) is 35.2 Å². The first kappa shape index (κ1) is 20.9. The smallest absolute Gasteiger partial charge is 0.244 e. The van der Waals surface area contributed by atoms with Crippen LogP contribution in [0.3, 0.4) is 0 Å². The highest BCUT2D eigenvalue weighted by Crippen LogP contribution is 2.31. The summed E-state index contributed by atoms with van der Waals surface area (Å²) < 4.78 is 29.8. The minimum atomic E-state index is -3.52. The Kier molecular flexibility index (Phi) is 5.59. The molecule has 1 aromatic heterocycles. The molecule has 8 nitrogen and oxygen atoms in total. The van der Waals surface area contributed by atoms with Crippen molar-refractivity contribution in [3.8, 4) is 0 Å². The lowest BCUT2D eigenvalue weighted by atomic mass is 9.93. The molecule has 0 saturated carbocycles. The summed E-state index contributed by atoms with van der Waals surface area (Å²) in [7, 11) is -3.52. The first-order chi connectivity index (χ1) is 14.2. The van der Waals surface area contributed by atoms with Gasteiger partial charge in [-0.25, -0.2) is 8.42 Å². The van der Waals surface area contributed by atoms with Crippen molar-refractivity contribution >= 4 is 21.6 Å². The average molecular weight is 432 g/mol. The lowest BCUT2D eigenvalue weighted by Crippen LogP contribution is -2.52. The van der Waals surface area contributed by atoms with E-state index in [1.807, 2.05) is 42.5 Å². The largest absolute Gasteiger partial charge is 0.368 e. The van der Waals surface area contributed by atoms with Gasteiger partial charge in [0, 0.05) is 25.2 Å². The van der Waals surface area contributed by atoms with Crippen molar-refractivity contribution in [2.45, 2.75) is 57.1 Å². The number of amides is 1. The Hall–Kier alpha value is -2.39. The Morgan fingerprint density at radius 3 is 2.60 bits per heavy atom. The fourth-order valence-electron chi connectivity index (χ4n) is 4.50. The minimum absolute atomic E-state index is 0.00671. The molecular formula is C21H29N5O3S. The van der Waals surface area contributed by atoms with E-state index in [2.05, 4.69) is 15.1 Å². The van der Waals surface area contributed by atoms with E-state index in [0.717, 1.165) is 24.2 Å². The van der Waals surface area contributed by atoms with Crippen molar-refractivity contribution in [3.63, 3.8) is 0 Å². The second-order valence-corrected chi connectivity index (χ2v) is 10.1. The van der Waals surface area contributed by atoms with E-state index in [0.29, 0.717) is 25.2 Å². The number of likely N-dealkylation sites (tertiary alicyclic amines) is 1. The Bertz CT molecular complexity index is 1040. The molecule has 9 heteroatoms. The monoisotopic (exact) mass is 431 g/mol. The standard InChI is InChI=1S/C21H29N5O3S/c1-14-12-15(2)26(23-14)16(3)13-20(27)25-10-8-17(9-11-25)21-22-18-6-4-5-7-19(18)30(28,29)24-21/h4-7,12,16-17,21-22,24H,8-11,13H2,1-3H3. The van der Waals surface area contributed by atoms with Gasteiger partial charge in [0.1, 0.15) is 4.90 Å². The molecule has 0 aliphatic carbocycles. The number of nitrogens with one attached hydrogen (secondary N) is 2. The molecule has 2 aliphatic heterocycles. The normalized spacial score (nSPS) is 22.2. The van der Waals surface area contributed by atoms with E-state index >= 15 is 0 Å². The van der Waals surface area contributed by atoms with Gasteiger partial charge in [0.15, 0.2) is 0 Å². The molecule has 0 spiro atoms. The number of hydrogen-bond acceptors (Lipinski definition) is 5. The average Bonchev–Trinajstić information content (AvgIpc) is 3.05. The molecule has 2 N–H and O–H groups in total. The zero-order valence-electron chi connectivity index (χ0n) is 17.6. The van der Waals surface area contributed by atoms with Crippen molar-refractivity contribution in [1.29, 1.82) is 0 Å². The van der Waals surface area contributed by atoms with E-state index in [4.69, 9.17) is 0 Å². The number of rotatable bonds is 4. The zero-order valence-corrected chi connectivity index (χ0v) is 18.4. The van der Waals surface area contributed by atoms with Crippen molar-refractivity contribution < 1.29 is 13.2 Å². The predicted octanol–water partition coefficient (Wildman–Crippen LogP) is 2.42. The molecule has 3 heterocycles. The maximum atomic E-state index is 12.8. The van der Waals surface area contributed by atoms with Gasteiger partial charge in [-0.3, -0.25) is 9.48 Å². The van der Waals surface area contributed by atoms with E-state index in [-0.39, 0.29) is 28.9 Å². The number of carbonyl (C=O) groups is 1. The van der Waals surface area contributed by atoms with Crippen molar-refractivity contribution in [2.24, 2.45) is 5.92 Å². The van der Waals surface area contributed by atoms with Gasteiger partial charge in [-0.2, -0.15) is 9.82 Å². The summed E-state index contributed by atoms with van der Waals surface area (Å²) in [4.78, 5) is 15.0. The van der Waals surface area contributed by atoms with Crippen LogP contribution >= 0.6 is 0 Å². The van der Waals surface area contributed by atoms with Crippen LogP contribution in [0.25, 0.3) is 0 Å². The van der Waals surface area contributed by atoms with Gasteiger partial charge in [0.05, 0.1) is 23.6 Å². The molecule has 1 aromatic carbocycles. The Labute approximate surface area is 177 Å². The fraction of sp³-hybridized carbons (Fsp3) is 0.524. The highest BCUT2D eigenvalue weighted by atomic mass is 32.2. The van der Waals surface area contributed by atoms with Gasteiger partial charge < -0.3 is 10.2 Å². The van der Waals surface area contributed by atoms with Crippen LogP contribution in [0.4, 0.5) is 5.69 Å². The highest BCUT2D eigenvalue weighted by molar-refractivity contribution is 7.89. The van der Waals surface area contributed by atoms with Crippen LogP contribution in [0.2, 0.25) is 0 Å². The number of para-hydroxylation sites is 1. The summed E-state index contributed by atoms with van der Waals surface area (Å²) in [6.07, 6.45) is 1.56. The quantitative estimate of drug-likeness (QED) is 0.775.